The Kier molecular flexibility index (Phi) is 12.7. The maximum absolute atomic E-state index is 13.4. The molecule has 0 bridgehead atoms. The van der Waals surface area contributed by atoms with Gasteiger partial charge >= 0.3 is 17.9 Å². The number of aromatic nitrogens is 1. The number of rotatable bonds is 18. The second kappa shape index (κ2) is 15.9. The maximum Gasteiger partial charge on any atom is 0.326 e. The van der Waals surface area contributed by atoms with Gasteiger partial charge in [0.05, 0.1) is 12.5 Å². The summed E-state index contributed by atoms with van der Waals surface area (Å²) in [5.74, 6) is -6.98. The number of carbonyl (C=O) groups is 6. The van der Waals surface area contributed by atoms with Crippen molar-refractivity contribution in [2.45, 2.75) is 69.1 Å². The average molecular weight is 577 g/mol. The molecule has 0 saturated carbocycles. The van der Waals surface area contributed by atoms with Crippen molar-refractivity contribution in [3.05, 3.63) is 36.0 Å². The summed E-state index contributed by atoms with van der Waals surface area (Å²) < 4.78 is 0. The van der Waals surface area contributed by atoms with Crippen LogP contribution in [-0.4, -0.2) is 86.6 Å². The summed E-state index contributed by atoms with van der Waals surface area (Å²) in [7, 11) is 0. The molecule has 0 saturated heterocycles. The fourth-order valence-electron chi connectivity index (χ4n) is 4.10. The number of aromatic amines is 1. The SMILES string of the molecule is NCCCCC(N)C(=O)NC(Cc1c[nH]c2ccccc12)C(=O)NC(CCC(=O)O)C(=O)NC(CC(=O)O)C(=O)O. The number of carboxylic acids is 3. The van der Waals surface area contributed by atoms with E-state index in [1.807, 2.05) is 23.5 Å². The van der Waals surface area contributed by atoms with Gasteiger partial charge in [0, 0.05) is 29.9 Å². The van der Waals surface area contributed by atoms with Crippen molar-refractivity contribution in [3.63, 3.8) is 0 Å². The molecule has 0 aliphatic heterocycles. The highest BCUT2D eigenvalue weighted by Gasteiger charge is 2.32. The fraction of sp³-hybridized carbons (Fsp3) is 0.462. The number of carboxylic acid groups (broad SMARTS) is 3. The first-order chi connectivity index (χ1) is 19.4. The number of unbranched alkanes of at least 4 members (excludes halogenated alkanes) is 1. The predicted molar refractivity (Wildman–Crippen MR) is 145 cm³/mol. The summed E-state index contributed by atoms with van der Waals surface area (Å²) in [4.78, 5) is 75.9. The molecule has 1 aromatic carbocycles. The van der Waals surface area contributed by atoms with E-state index in [4.69, 9.17) is 21.7 Å². The summed E-state index contributed by atoms with van der Waals surface area (Å²) in [5.41, 5.74) is 12.9. The molecule has 0 aliphatic rings. The van der Waals surface area contributed by atoms with Gasteiger partial charge in [-0.25, -0.2) is 4.79 Å². The minimum absolute atomic E-state index is 0.0266. The number of hydrogen-bond acceptors (Lipinski definition) is 8. The Labute approximate surface area is 235 Å². The van der Waals surface area contributed by atoms with Gasteiger partial charge < -0.3 is 47.7 Å². The normalized spacial score (nSPS) is 13.9. The third-order valence-electron chi connectivity index (χ3n) is 6.31. The van der Waals surface area contributed by atoms with Crippen LogP contribution in [0.3, 0.4) is 0 Å². The Morgan fingerprint density at radius 3 is 2.07 bits per heavy atom. The van der Waals surface area contributed by atoms with Crippen LogP contribution in [0.5, 0.6) is 0 Å². The molecule has 4 atom stereocenters. The summed E-state index contributed by atoms with van der Waals surface area (Å²) >= 11 is 0. The van der Waals surface area contributed by atoms with E-state index in [2.05, 4.69) is 15.6 Å². The third-order valence-corrected chi connectivity index (χ3v) is 6.31. The van der Waals surface area contributed by atoms with Crippen molar-refractivity contribution in [1.82, 2.24) is 20.9 Å². The monoisotopic (exact) mass is 576 g/mol. The van der Waals surface area contributed by atoms with Crippen molar-refractivity contribution < 1.29 is 44.1 Å². The molecule has 15 nitrogen and oxygen atoms in total. The van der Waals surface area contributed by atoms with Crippen LogP contribution in [0, 0.1) is 0 Å². The number of H-pyrrole nitrogens is 1. The molecule has 0 fully saturated rings. The van der Waals surface area contributed by atoms with E-state index < -0.39 is 79.1 Å². The van der Waals surface area contributed by atoms with E-state index in [0.29, 0.717) is 31.4 Å². The third kappa shape index (κ3) is 10.5. The zero-order valence-electron chi connectivity index (χ0n) is 22.3. The number of hydrogen-bond donors (Lipinski definition) is 9. The maximum atomic E-state index is 13.4. The molecule has 11 N–H and O–H groups in total. The van der Waals surface area contributed by atoms with Gasteiger partial charge in [0.2, 0.25) is 17.7 Å². The lowest BCUT2D eigenvalue weighted by Gasteiger charge is -2.25. The molecular formula is C26H36N6O9. The van der Waals surface area contributed by atoms with E-state index in [-0.39, 0.29) is 6.42 Å². The molecular weight excluding hydrogens is 540 g/mol. The summed E-state index contributed by atoms with van der Waals surface area (Å²) in [6.07, 6.45) is 1.25. The lowest BCUT2D eigenvalue weighted by Crippen LogP contribution is -2.57. The molecule has 1 aromatic heterocycles. The Hall–Kier alpha value is -4.50. The number of carbonyl (C=O) groups excluding carboxylic acids is 3. The van der Waals surface area contributed by atoms with Crippen molar-refractivity contribution in [3.8, 4) is 0 Å². The van der Waals surface area contributed by atoms with Gasteiger partial charge in [0.1, 0.15) is 18.1 Å². The van der Waals surface area contributed by atoms with E-state index in [1.54, 1.807) is 12.3 Å². The van der Waals surface area contributed by atoms with Crippen LogP contribution < -0.4 is 27.4 Å². The molecule has 0 radical (unpaired) electrons. The Bertz CT molecular complexity index is 1250. The van der Waals surface area contributed by atoms with Crippen LogP contribution in [0.1, 0.15) is 44.1 Å². The highest BCUT2D eigenvalue weighted by atomic mass is 16.4. The van der Waals surface area contributed by atoms with Crippen LogP contribution in [-0.2, 0) is 35.2 Å². The van der Waals surface area contributed by atoms with Gasteiger partial charge in [-0.2, -0.15) is 0 Å². The van der Waals surface area contributed by atoms with Crippen molar-refractivity contribution in [2.75, 3.05) is 6.54 Å². The molecule has 3 amide bonds. The van der Waals surface area contributed by atoms with Crippen LogP contribution in [0.15, 0.2) is 30.5 Å². The van der Waals surface area contributed by atoms with E-state index >= 15 is 0 Å². The number of nitrogens with two attached hydrogens (primary N) is 2. The van der Waals surface area contributed by atoms with Gasteiger partial charge in [-0.3, -0.25) is 24.0 Å². The van der Waals surface area contributed by atoms with Crippen LogP contribution >= 0.6 is 0 Å². The molecule has 1 heterocycles. The molecule has 41 heavy (non-hydrogen) atoms. The summed E-state index contributed by atoms with van der Waals surface area (Å²) in [6, 6.07) is 1.68. The fourth-order valence-corrected chi connectivity index (χ4v) is 4.10. The molecule has 0 aliphatic carbocycles. The lowest BCUT2D eigenvalue weighted by atomic mass is 10.0. The second-order valence-electron chi connectivity index (χ2n) is 9.51. The zero-order chi connectivity index (χ0) is 30.5. The predicted octanol–water partition coefficient (Wildman–Crippen LogP) is -0.955. The quantitative estimate of drug-likeness (QED) is 0.0976. The number of aliphatic carboxylic acids is 3. The molecule has 224 valence electrons. The van der Waals surface area contributed by atoms with Gasteiger partial charge in [0.25, 0.3) is 0 Å². The minimum atomic E-state index is -1.82. The molecule has 4 unspecified atom stereocenters. The first-order valence-electron chi connectivity index (χ1n) is 13.0. The van der Waals surface area contributed by atoms with E-state index in [0.717, 1.165) is 10.9 Å². The van der Waals surface area contributed by atoms with Crippen LogP contribution in [0.2, 0.25) is 0 Å². The van der Waals surface area contributed by atoms with Gasteiger partial charge in [-0.15, -0.1) is 0 Å². The second-order valence-corrected chi connectivity index (χ2v) is 9.51. The van der Waals surface area contributed by atoms with Crippen molar-refractivity contribution >= 4 is 46.5 Å². The van der Waals surface area contributed by atoms with Crippen molar-refractivity contribution in [2.24, 2.45) is 11.5 Å². The van der Waals surface area contributed by atoms with Gasteiger partial charge in [-0.1, -0.05) is 24.6 Å². The molecule has 2 rings (SSSR count). The first kappa shape index (κ1) is 32.7. The largest absolute Gasteiger partial charge is 0.481 e. The summed E-state index contributed by atoms with van der Waals surface area (Å²) in [6.45, 7) is 0.426. The standard InChI is InChI=1S/C26H36N6O9/c27-10-4-3-6-16(28)23(37)31-19(11-14-13-29-17-7-2-1-5-15(14)17)25(39)30-18(8-9-21(33)34)24(38)32-20(26(40)41)12-22(35)36/h1-2,5,7,13,16,18-20,29H,3-4,6,8-12,27-28H2,(H,30,39)(H,31,37)(H,32,38)(H,33,34)(H,35,36)(H,40,41). The minimum Gasteiger partial charge on any atom is -0.481 e. The lowest BCUT2D eigenvalue weighted by molar-refractivity contribution is -0.147. The molecule has 2 aromatic rings. The number of fused-ring (bicyclic) bond motifs is 1. The number of para-hydroxylation sites is 1. The zero-order valence-corrected chi connectivity index (χ0v) is 22.3. The average Bonchev–Trinajstić information content (AvgIpc) is 3.32. The summed E-state index contributed by atoms with van der Waals surface area (Å²) in [5, 5.41) is 35.1. The molecule has 0 spiro atoms. The molecule has 15 heteroatoms. The number of amides is 3. The topological polar surface area (TPSA) is 267 Å². The van der Waals surface area contributed by atoms with E-state index in [9.17, 15) is 33.9 Å². The highest BCUT2D eigenvalue weighted by Crippen LogP contribution is 2.19. The van der Waals surface area contributed by atoms with Crippen LogP contribution in [0.25, 0.3) is 10.9 Å². The Balaban J connectivity index is 2.30. The smallest absolute Gasteiger partial charge is 0.326 e. The van der Waals surface area contributed by atoms with Gasteiger partial charge in [0.15, 0.2) is 0 Å². The first-order valence-corrected chi connectivity index (χ1v) is 13.0. The Morgan fingerprint density at radius 2 is 1.44 bits per heavy atom. The number of nitrogens with one attached hydrogen (secondary N) is 4. The van der Waals surface area contributed by atoms with Gasteiger partial charge in [-0.05, 0) is 37.4 Å². The highest BCUT2D eigenvalue weighted by molar-refractivity contribution is 5.95. The number of benzene rings is 1. The van der Waals surface area contributed by atoms with Crippen molar-refractivity contribution in [1.29, 1.82) is 0 Å². The van der Waals surface area contributed by atoms with Crippen LogP contribution in [0.4, 0.5) is 0 Å². The van der Waals surface area contributed by atoms with E-state index in [1.165, 1.54) is 0 Å². The Morgan fingerprint density at radius 1 is 0.805 bits per heavy atom.